The van der Waals surface area contributed by atoms with Gasteiger partial charge in [0.2, 0.25) is 0 Å². The van der Waals surface area contributed by atoms with Crippen molar-refractivity contribution in [2.45, 2.75) is 19.3 Å². The summed E-state index contributed by atoms with van der Waals surface area (Å²) >= 11 is 0. The topological polar surface area (TPSA) is 80.7 Å². The van der Waals surface area contributed by atoms with Crippen LogP contribution in [0.1, 0.15) is 40.0 Å². The summed E-state index contributed by atoms with van der Waals surface area (Å²) in [7, 11) is 0. The quantitative estimate of drug-likeness (QED) is 0.482. The van der Waals surface area contributed by atoms with Crippen LogP contribution in [0, 0.1) is 0 Å². The Morgan fingerprint density at radius 1 is 0.826 bits per heavy atom. The molecule has 0 unspecified atom stereocenters. The van der Waals surface area contributed by atoms with Crippen LogP contribution in [-0.2, 0) is 4.79 Å². The van der Waals surface area contributed by atoms with Gasteiger partial charge in [-0.2, -0.15) is 0 Å². The highest BCUT2D eigenvalue weighted by Crippen LogP contribution is 2.14. The van der Waals surface area contributed by atoms with E-state index in [-0.39, 0.29) is 29.8 Å². The molecule has 0 amide bonds. The monoisotopic (exact) mass is 312 g/mol. The van der Waals surface area contributed by atoms with Crippen LogP contribution >= 0.6 is 0 Å². The minimum atomic E-state index is -1.14. The smallest absolute Gasteiger partial charge is 0.336 e. The van der Waals surface area contributed by atoms with Gasteiger partial charge in [-0.15, -0.1) is 0 Å². The van der Waals surface area contributed by atoms with Crippen molar-refractivity contribution in [3.63, 3.8) is 0 Å². The molecular formula is C18H16O5. The van der Waals surface area contributed by atoms with Gasteiger partial charge in [-0.1, -0.05) is 36.4 Å². The predicted molar refractivity (Wildman–Crippen MR) is 83.7 cm³/mol. The van der Waals surface area contributed by atoms with Crippen molar-refractivity contribution in [2.24, 2.45) is 0 Å². The lowest BCUT2D eigenvalue weighted by molar-refractivity contribution is -0.134. The Bertz CT molecular complexity index is 706. The molecule has 118 valence electrons. The van der Waals surface area contributed by atoms with Crippen LogP contribution in [0.3, 0.4) is 0 Å². The first kappa shape index (κ1) is 16.4. The first-order valence-electron chi connectivity index (χ1n) is 7.19. The van der Waals surface area contributed by atoms with E-state index < -0.39 is 11.9 Å². The number of carbonyl (C=O) groups excluding carboxylic acids is 2. The highest BCUT2D eigenvalue weighted by atomic mass is 16.5. The molecule has 0 radical (unpaired) electrons. The Labute approximate surface area is 133 Å². The molecule has 0 bridgehead atoms. The van der Waals surface area contributed by atoms with Crippen LogP contribution in [0.2, 0.25) is 0 Å². The van der Waals surface area contributed by atoms with Crippen molar-refractivity contribution in [1.82, 2.24) is 0 Å². The summed E-state index contributed by atoms with van der Waals surface area (Å²) in [5, 5.41) is 9.07. The number of hydrogen-bond acceptors (Lipinski definition) is 4. The van der Waals surface area contributed by atoms with E-state index in [0.717, 1.165) is 0 Å². The molecule has 0 saturated heterocycles. The fraction of sp³-hybridized carbons (Fsp3) is 0.167. The summed E-state index contributed by atoms with van der Waals surface area (Å²) in [5.74, 6) is -1.40. The zero-order chi connectivity index (χ0) is 16.7. The van der Waals surface area contributed by atoms with Crippen molar-refractivity contribution in [3.8, 4) is 5.75 Å². The Morgan fingerprint density at radius 2 is 1.43 bits per heavy atom. The number of para-hydroxylation sites is 1. The van der Waals surface area contributed by atoms with Crippen LogP contribution in [0.5, 0.6) is 5.75 Å². The number of hydrogen-bond donors (Lipinski definition) is 1. The Morgan fingerprint density at radius 3 is 2.09 bits per heavy atom. The normalized spacial score (nSPS) is 10.1. The number of ether oxygens (including phenoxy) is 1. The van der Waals surface area contributed by atoms with Gasteiger partial charge in [0, 0.05) is 18.4 Å². The molecule has 0 saturated carbocycles. The summed E-state index contributed by atoms with van der Waals surface area (Å²) in [6, 6.07) is 14.7. The average molecular weight is 312 g/mol. The van der Waals surface area contributed by atoms with Gasteiger partial charge in [-0.05, 0) is 24.6 Å². The molecule has 1 N–H and O–H groups in total. The van der Waals surface area contributed by atoms with Crippen molar-refractivity contribution in [2.75, 3.05) is 0 Å². The second-order valence-electron chi connectivity index (χ2n) is 4.91. The van der Waals surface area contributed by atoms with E-state index in [1.807, 2.05) is 6.07 Å². The highest BCUT2D eigenvalue weighted by molar-refractivity contribution is 6.05. The van der Waals surface area contributed by atoms with Crippen LogP contribution in [-0.4, -0.2) is 22.8 Å². The summed E-state index contributed by atoms with van der Waals surface area (Å²) in [6.45, 7) is 0. The Balaban J connectivity index is 1.86. The number of benzene rings is 2. The molecule has 0 aliphatic carbocycles. The maximum atomic E-state index is 12.1. The van der Waals surface area contributed by atoms with Gasteiger partial charge in [0.25, 0.3) is 0 Å². The standard InChI is InChI=1S/C18H16O5/c19-16(14-9-4-5-10-15(14)18(21)22)11-6-12-17(20)23-13-7-2-1-3-8-13/h1-5,7-10H,6,11-12H2,(H,21,22). The molecule has 5 nitrogen and oxygen atoms in total. The molecule has 2 rings (SSSR count). The molecule has 5 heteroatoms. The molecule has 2 aromatic carbocycles. The van der Waals surface area contributed by atoms with Crippen LogP contribution in [0.25, 0.3) is 0 Å². The van der Waals surface area contributed by atoms with Crippen LogP contribution in [0.4, 0.5) is 0 Å². The van der Waals surface area contributed by atoms with E-state index in [4.69, 9.17) is 9.84 Å². The highest BCUT2D eigenvalue weighted by Gasteiger charge is 2.16. The van der Waals surface area contributed by atoms with Gasteiger partial charge in [0.05, 0.1) is 5.56 Å². The number of carbonyl (C=O) groups is 3. The fourth-order valence-electron chi connectivity index (χ4n) is 2.11. The largest absolute Gasteiger partial charge is 0.478 e. The zero-order valence-corrected chi connectivity index (χ0v) is 12.4. The fourth-order valence-corrected chi connectivity index (χ4v) is 2.11. The number of aromatic carboxylic acids is 1. The first-order valence-corrected chi connectivity index (χ1v) is 7.19. The van der Waals surface area contributed by atoms with Gasteiger partial charge in [-0.25, -0.2) is 4.79 Å². The third-order valence-electron chi connectivity index (χ3n) is 3.22. The molecule has 0 atom stereocenters. The first-order chi connectivity index (χ1) is 11.1. The molecule has 0 spiro atoms. The molecule has 0 aliphatic heterocycles. The SMILES string of the molecule is O=C(CCCC(=O)c1ccccc1C(=O)O)Oc1ccccc1. The third-order valence-corrected chi connectivity index (χ3v) is 3.22. The molecular weight excluding hydrogens is 296 g/mol. The number of carboxylic acids is 1. The third kappa shape index (κ3) is 4.78. The van der Waals surface area contributed by atoms with E-state index in [2.05, 4.69) is 0 Å². The predicted octanol–water partition coefficient (Wildman–Crippen LogP) is 3.34. The lowest BCUT2D eigenvalue weighted by Crippen LogP contribution is -2.11. The number of rotatable bonds is 7. The van der Waals surface area contributed by atoms with Gasteiger partial charge in [0.15, 0.2) is 5.78 Å². The van der Waals surface area contributed by atoms with E-state index >= 15 is 0 Å². The molecule has 0 aromatic heterocycles. The van der Waals surface area contributed by atoms with Crippen LogP contribution < -0.4 is 4.74 Å². The number of carboxylic acid groups (broad SMARTS) is 1. The van der Waals surface area contributed by atoms with Crippen molar-refractivity contribution in [3.05, 3.63) is 65.7 Å². The summed E-state index contributed by atoms with van der Waals surface area (Å²) < 4.78 is 5.12. The van der Waals surface area contributed by atoms with Gasteiger partial charge in [0.1, 0.15) is 5.75 Å². The second-order valence-corrected chi connectivity index (χ2v) is 4.91. The maximum absolute atomic E-state index is 12.1. The van der Waals surface area contributed by atoms with Gasteiger partial charge >= 0.3 is 11.9 Å². The average Bonchev–Trinajstić information content (AvgIpc) is 2.55. The molecule has 0 fully saturated rings. The number of esters is 1. The summed E-state index contributed by atoms with van der Waals surface area (Å²) in [4.78, 5) is 34.9. The van der Waals surface area contributed by atoms with E-state index in [0.29, 0.717) is 12.2 Å². The lowest BCUT2D eigenvalue weighted by Gasteiger charge is -2.06. The van der Waals surface area contributed by atoms with Crippen molar-refractivity contribution in [1.29, 1.82) is 0 Å². The minimum absolute atomic E-state index is 0.0237. The molecule has 23 heavy (non-hydrogen) atoms. The molecule has 0 aliphatic rings. The molecule has 0 heterocycles. The lowest BCUT2D eigenvalue weighted by atomic mass is 10.00. The van der Waals surface area contributed by atoms with Crippen molar-refractivity contribution >= 4 is 17.7 Å². The van der Waals surface area contributed by atoms with E-state index in [1.165, 1.54) is 12.1 Å². The van der Waals surface area contributed by atoms with E-state index in [9.17, 15) is 14.4 Å². The summed E-state index contributed by atoms with van der Waals surface area (Å²) in [6.07, 6.45) is 0.489. The zero-order valence-electron chi connectivity index (χ0n) is 12.4. The van der Waals surface area contributed by atoms with E-state index in [1.54, 1.807) is 36.4 Å². The Hall–Kier alpha value is -2.95. The second kappa shape index (κ2) is 7.89. The maximum Gasteiger partial charge on any atom is 0.336 e. The van der Waals surface area contributed by atoms with Gasteiger partial charge in [-0.3, -0.25) is 9.59 Å². The number of ketones is 1. The number of Topliss-reactive ketones (excluding diaryl/α,β-unsaturated/α-hetero) is 1. The molecule has 2 aromatic rings. The minimum Gasteiger partial charge on any atom is -0.478 e. The summed E-state index contributed by atoms with van der Waals surface area (Å²) in [5.41, 5.74) is 0.140. The Kier molecular flexibility index (Phi) is 5.63. The van der Waals surface area contributed by atoms with Crippen molar-refractivity contribution < 1.29 is 24.2 Å². The van der Waals surface area contributed by atoms with Crippen LogP contribution in [0.15, 0.2) is 54.6 Å². The van der Waals surface area contributed by atoms with Gasteiger partial charge < -0.3 is 9.84 Å².